The summed E-state index contributed by atoms with van der Waals surface area (Å²) in [5.74, 6) is -2.57. The summed E-state index contributed by atoms with van der Waals surface area (Å²) in [5.41, 5.74) is -0.396. The van der Waals surface area contributed by atoms with Gasteiger partial charge in [0.15, 0.2) is 0 Å². The molecule has 0 saturated heterocycles. The molecule has 0 spiro atoms. The van der Waals surface area contributed by atoms with Crippen LogP contribution in [0.1, 0.15) is 20.7 Å². The van der Waals surface area contributed by atoms with Crippen molar-refractivity contribution in [2.24, 2.45) is 0 Å². The van der Waals surface area contributed by atoms with Crippen LogP contribution in [0, 0.1) is 0 Å². The molecule has 2 N–H and O–H groups in total. The van der Waals surface area contributed by atoms with E-state index in [0.717, 1.165) is 6.07 Å². The standard InChI is InChI=1S/C8H5O7S.Na/c9-7(10)5-2-1-3-6(4-5)8(11)15-16(12,13)14;/h2-4H,(H,9,10)(H,12,13,14);. The molecule has 1 aromatic carbocycles. The SMILES string of the molecule is O=C(O)c1c[c]([Na])cc(C(=O)OS(=O)(=O)O)c1. The Kier molecular flexibility index (Phi) is 4.28. The summed E-state index contributed by atoms with van der Waals surface area (Å²) in [6.07, 6.45) is 0. The van der Waals surface area contributed by atoms with Gasteiger partial charge in [0.1, 0.15) is 0 Å². The van der Waals surface area contributed by atoms with E-state index in [1.54, 1.807) is 0 Å². The third kappa shape index (κ3) is 4.44. The van der Waals surface area contributed by atoms with Crippen molar-refractivity contribution in [3.8, 4) is 0 Å². The van der Waals surface area contributed by atoms with Gasteiger partial charge in [0.25, 0.3) is 0 Å². The van der Waals surface area contributed by atoms with Crippen molar-refractivity contribution in [2.45, 2.75) is 0 Å². The first kappa shape index (κ1) is 14.1. The van der Waals surface area contributed by atoms with Crippen molar-refractivity contribution in [2.75, 3.05) is 0 Å². The number of carboxylic acid groups (broad SMARTS) is 1. The van der Waals surface area contributed by atoms with E-state index < -0.39 is 22.3 Å². The molecule has 7 nitrogen and oxygen atoms in total. The van der Waals surface area contributed by atoms with Gasteiger partial charge in [0, 0.05) is 0 Å². The molecule has 86 valence electrons. The number of benzene rings is 1. The summed E-state index contributed by atoms with van der Waals surface area (Å²) < 4.78 is 33.3. The van der Waals surface area contributed by atoms with Gasteiger partial charge in [-0.05, 0) is 0 Å². The quantitative estimate of drug-likeness (QED) is 0.540. The van der Waals surface area contributed by atoms with E-state index in [-0.39, 0.29) is 11.1 Å². The van der Waals surface area contributed by atoms with Gasteiger partial charge in [0.05, 0.1) is 0 Å². The average molecular weight is 268 g/mol. The Hall–Kier alpha value is -0.930. The molecule has 0 aliphatic carbocycles. The average Bonchev–Trinajstić information content (AvgIpc) is 2.13. The molecule has 1 aromatic rings. The molecule has 0 saturated carbocycles. The van der Waals surface area contributed by atoms with E-state index >= 15 is 0 Å². The zero-order valence-corrected chi connectivity index (χ0v) is 11.4. The summed E-state index contributed by atoms with van der Waals surface area (Å²) >= 11 is 0.471. The molecule has 0 amide bonds. The van der Waals surface area contributed by atoms with Crippen LogP contribution in [0.3, 0.4) is 0 Å². The molecule has 0 fully saturated rings. The second-order valence-corrected chi connectivity index (χ2v) is 5.37. The van der Waals surface area contributed by atoms with Gasteiger partial charge in [-0.1, -0.05) is 0 Å². The predicted octanol–water partition coefficient (Wildman–Crippen LogP) is -0.862. The molecule has 1 rings (SSSR count). The fraction of sp³-hybridized carbons (Fsp3) is 0. The molecular weight excluding hydrogens is 263 g/mol. The maximum absolute atomic E-state index is 11.2. The Balaban J connectivity index is 3.15. The first-order valence-corrected chi connectivity index (χ1v) is 6.62. The zero-order chi connectivity index (χ0) is 13.2. The van der Waals surface area contributed by atoms with Gasteiger partial charge in [-0.2, -0.15) is 0 Å². The van der Waals surface area contributed by atoms with E-state index in [4.69, 9.17) is 9.66 Å². The Bertz CT molecular complexity index is 578. The molecule has 0 atom stereocenters. The monoisotopic (exact) mass is 268 g/mol. The summed E-state index contributed by atoms with van der Waals surface area (Å²) in [6.45, 7) is 0. The van der Waals surface area contributed by atoms with Gasteiger partial charge >= 0.3 is 114 Å². The summed E-state index contributed by atoms with van der Waals surface area (Å²) in [6, 6.07) is 3.63. The normalized spacial score (nSPS) is 11.0. The zero-order valence-electron chi connectivity index (χ0n) is 8.58. The summed E-state index contributed by atoms with van der Waals surface area (Å²) in [5, 5.41) is 8.74. The van der Waals surface area contributed by atoms with Crippen LogP contribution in [0.4, 0.5) is 0 Å². The molecule has 0 heterocycles. The van der Waals surface area contributed by atoms with Gasteiger partial charge < -0.3 is 0 Å². The van der Waals surface area contributed by atoms with Gasteiger partial charge in [-0.3, -0.25) is 0 Å². The first-order valence-electron chi connectivity index (χ1n) is 4.25. The molecule has 0 bridgehead atoms. The Morgan fingerprint density at radius 2 is 1.71 bits per heavy atom. The van der Waals surface area contributed by atoms with Crippen LogP contribution in [-0.4, -0.2) is 57.9 Å². The van der Waals surface area contributed by atoms with Gasteiger partial charge in [0.2, 0.25) is 0 Å². The Morgan fingerprint density at radius 1 is 1.18 bits per heavy atom. The van der Waals surface area contributed by atoms with E-state index in [9.17, 15) is 18.0 Å². The second kappa shape index (κ2) is 5.15. The van der Waals surface area contributed by atoms with E-state index in [0.29, 0.717) is 30.7 Å². The Labute approximate surface area is 114 Å². The van der Waals surface area contributed by atoms with Crippen molar-refractivity contribution >= 4 is 53.1 Å². The predicted molar refractivity (Wildman–Crippen MR) is 55.8 cm³/mol. The number of hydrogen-bond donors (Lipinski definition) is 2. The maximum atomic E-state index is 11.2. The van der Waals surface area contributed by atoms with Gasteiger partial charge in [-0.25, -0.2) is 0 Å². The number of rotatable bonds is 3. The van der Waals surface area contributed by atoms with Gasteiger partial charge in [-0.15, -0.1) is 0 Å². The van der Waals surface area contributed by atoms with Crippen LogP contribution >= 0.6 is 0 Å². The summed E-state index contributed by atoms with van der Waals surface area (Å²) in [4.78, 5) is 22.0. The molecule has 9 heteroatoms. The minimum atomic E-state index is -4.90. The fourth-order valence-corrected chi connectivity index (χ4v) is 2.08. The topological polar surface area (TPSA) is 118 Å². The van der Waals surface area contributed by atoms with Crippen molar-refractivity contribution in [1.82, 2.24) is 0 Å². The number of hydrogen-bond acceptors (Lipinski definition) is 5. The fourth-order valence-electron chi connectivity index (χ4n) is 1.17. The van der Waals surface area contributed by atoms with Crippen LogP contribution < -0.4 is 2.81 Å². The van der Waals surface area contributed by atoms with Crippen molar-refractivity contribution in [1.29, 1.82) is 0 Å². The van der Waals surface area contributed by atoms with Crippen molar-refractivity contribution in [3.05, 3.63) is 29.3 Å². The molecule has 0 aliphatic rings. The number of carbonyl (C=O) groups is 2. The molecule has 0 aliphatic heterocycles. The first-order chi connectivity index (χ1) is 7.69. The van der Waals surface area contributed by atoms with Crippen LogP contribution in [0.25, 0.3) is 0 Å². The molecule has 17 heavy (non-hydrogen) atoms. The number of carboxylic acids is 1. The number of aromatic carboxylic acids is 1. The van der Waals surface area contributed by atoms with Crippen LogP contribution in [0.15, 0.2) is 18.2 Å². The van der Waals surface area contributed by atoms with E-state index in [1.807, 2.05) is 0 Å². The number of carbonyl (C=O) groups excluding carboxylic acids is 1. The van der Waals surface area contributed by atoms with Crippen molar-refractivity contribution < 1.29 is 31.8 Å². The van der Waals surface area contributed by atoms with Crippen LogP contribution in [0.2, 0.25) is 0 Å². The molecule has 0 aromatic heterocycles. The van der Waals surface area contributed by atoms with Crippen molar-refractivity contribution in [3.63, 3.8) is 0 Å². The summed E-state index contributed by atoms with van der Waals surface area (Å²) in [7, 11) is -4.90. The molecule has 0 radical (unpaired) electrons. The third-order valence-electron chi connectivity index (χ3n) is 1.74. The Morgan fingerprint density at radius 3 is 2.18 bits per heavy atom. The van der Waals surface area contributed by atoms with Crippen LogP contribution in [-0.2, 0) is 14.6 Å². The van der Waals surface area contributed by atoms with E-state index in [2.05, 4.69) is 4.18 Å². The molecular formula is C8H5NaO7S. The van der Waals surface area contributed by atoms with Crippen LogP contribution in [0.5, 0.6) is 0 Å². The molecule has 0 unspecified atom stereocenters. The van der Waals surface area contributed by atoms with E-state index in [1.165, 1.54) is 12.1 Å². The minimum absolute atomic E-state index is 0.153. The third-order valence-corrected chi connectivity index (χ3v) is 2.68. The second-order valence-electron chi connectivity index (χ2n) is 3.19.